The summed E-state index contributed by atoms with van der Waals surface area (Å²) in [5.74, 6) is 0. The van der Waals surface area contributed by atoms with Gasteiger partial charge in [-0.2, -0.15) is 0 Å². The molecule has 0 radical (unpaired) electrons. The molecular weight excluding hydrogens is 200 g/mol. The molecule has 0 aromatic heterocycles. The molecule has 5 heteroatoms. The van der Waals surface area contributed by atoms with Crippen LogP contribution < -0.4 is 6.15 Å². The van der Waals surface area contributed by atoms with Gasteiger partial charge in [0, 0.05) is 41.7 Å². The third-order valence-corrected chi connectivity index (χ3v) is 0. The summed E-state index contributed by atoms with van der Waals surface area (Å²) in [6.45, 7) is 0. The molecule has 0 amide bonds. The van der Waals surface area contributed by atoms with E-state index in [-0.39, 0.29) is 47.9 Å². The summed E-state index contributed by atoms with van der Waals surface area (Å²) in [6.07, 6.45) is 0. The molecule has 0 aliphatic carbocycles. The van der Waals surface area contributed by atoms with Crippen LogP contribution >= 0.6 is 0 Å². The fourth-order valence-corrected chi connectivity index (χ4v) is 0. The normalized spacial score (nSPS) is 2.40. The van der Waals surface area contributed by atoms with E-state index in [4.69, 9.17) is 10.1 Å². The SMILES string of the molecule is N.O=N[O-].[Ce]. The van der Waals surface area contributed by atoms with Gasteiger partial charge >= 0.3 is 0 Å². The average Bonchev–Trinajstić information content (AvgIpc) is 0.918. The zero-order valence-electron chi connectivity index (χ0n) is 2.47. The molecule has 0 saturated heterocycles. The Kier molecular flexibility index (Phi) is 75.4. The van der Waals surface area contributed by atoms with Crippen molar-refractivity contribution >= 4 is 0 Å². The molecule has 0 aliphatic rings. The van der Waals surface area contributed by atoms with Gasteiger partial charge in [-0.15, -0.1) is 5.34 Å². The predicted molar refractivity (Wildman–Crippen MR) is 14.2 cm³/mol. The summed E-state index contributed by atoms with van der Waals surface area (Å²) >= 11 is 0. The van der Waals surface area contributed by atoms with E-state index in [1.807, 2.05) is 0 Å². The number of hydrogen-bond acceptors (Lipinski definition) is 4. The van der Waals surface area contributed by atoms with Gasteiger partial charge in [0.15, 0.2) is 0 Å². The second-order valence-electron chi connectivity index (χ2n) is 0.0745. The van der Waals surface area contributed by atoms with Gasteiger partial charge in [0.25, 0.3) is 0 Å². The Hall–Kier alpha value is 0.737. The molecule has 30 valence electrons. The van der Waals surface area contributed by atoms with Gasteiger partial charge in [-0.1, -0.05) is 0 Å². The monoisotopic (exact) mass is 203 g/mol. The van der Waals surface area contributed by atoms with Crippen LogP contribution in [0.4, 0.5) is 0 Å². The average molecular weight is 203 g/mol. The zero-order valence-corrected chi connectivity index (χ0v) is 5.61. The minimum Gasteiger partial charge on any atom is -0.444 e. The summed E-state index contributed by atoms with van der Waals surface area (Å²) < 4.78 is 0. The topological polar surface area (TPSA) is 87.5 Å². The second kappa shape index (κ2) is 21.9. The standard InChI is InChI=1S/Ce.HNO2.H3N/c;2-1-3;/h;(H,2,3);1H3/p-1. The molecule has 0 atom stereocenters. The van der Waals surface area contributed by atoms with Gasteiger partial charge in [-0.25, -0.2) is 0 Å². The van der Waals surface area contributed by atoms with Gasteiger partial charge in [-0.3, -0.25) is 0 Å². The molecule has 0 aliphatic heterocycles. The molecule has 0 bridgehead atoms. The van der Waals surface area contributed by atoms with E-state index in [1.54, 1.807) is 0 Å². The van der Waals surface area contributed by atoms with Crippen molar-refractivity contribution in [2.24, 2.45) is 5.34 Å². The summed E-state index contributed by atoms with van der Waals surface area (Å²) in [6, 6.07) is 0. The summed E-state index contributed by atoms with van der Waals surface area (Å²) in [5, 5.41) is 9.00. The largest absolute Gasteiger partial charge is 0.444 e. The Bertz CT molecular complexity index is 15.1. The molecule has 0 rings (SSSR count). The molecule has 0 aromatic carbocycles. The molecule has 5 heavy (non-hydrogen) atoms. The van der Waals surface area contributed by atoms with E-state index < -0.39 is 0 Å². The zero-order chi connectivity index (χ0) is 2.71. The van der Waals surface area contributed by atoms with Crippen molar-refractivity contribution < 1.29 is 41.7 Å². The van der Waals surface area contributed by atoms with Crippen molar-refractivity contribution in [2.45, 2.75) is 0 Å². The Balaban J connectivity index is -0.0000000200. The first-order valence-electron chi connectivity index (χ1n) is 0.365. The van der Waals surface area contributed by atoms with E-state index in [1.165, 1.54) is 0 Å². The third kappa shape index (κ3) is 65.4. The fourth-order valence-electron chi connectivity index (χ4n) is 0. The van der Waals surface area contributed by atoms with Gasteiger partial charge in [-0.05, 0) is 0 Å². The maximum Gasteiger partial charge on any atom is 0 e. The number of rotatable bonds is 0. The van der Waals surface area contributed by atoms with Crippen molar-refractivity contribution in [1.82, 2.24) is 6.15 Å². The van der Waals surface area contributed by atoms with E-state index >= 15 is 0 Å². The second-order valence-corrected chi connectivity index (χ2v) is 0.0745. The Morgan fingerprint density at radius 2 is 1.60 bits per heavy atom. The quantitative estimate of drug-likeness (QED) is 0.457. The van der Waals surface area contributed by atoms with Crippen LogP contribution in [0.3, 0.4) is 0 Å². The van der Waals surface area contributed by atoms with Crippen LogP contribution in [-0.4, -0.2) is 0 Å². The van der Waals surface area contributed by atoms with Crippen LogP contribution in [0.15, 0.2) is 5.34 Å². The third-order valence-electron chi connectivity index (χ3n) is 0. The van der Waals surface area contributed by atoms with Crippen molar-refractivity contribution in [2.75, 3.05) is 0 Å². The van der Waals surface area contributed by atoms with Crippen LogP contribution in [0.5, 0.6) is 0 Å². The van der Waals surface area contributed by atoms with Crippen molar-refractivity contribution in [1.29, 1.82) is 0 Å². The van der Waals surface area contributed by atoms with Crippen LogP contribution in [0.2, 0.25) is 0 Å². The molecule has 0 saturated carbocycles. The van der Waals surface area contributed by atoms with Crippen LogP contribution in [0.25, 0.3) is 0 Å². The Labute approximate surface area is 62.8 Å². The minimum absolute atomic E-state index is 0. The van der Waals surface area contributed by atoms with E-state index in [0.29, 0.717) is 0 Å². The van der Waals surface area contributed by atoms with Crippen LogP contribution in [0.1, 0.15) is 0 Å². The predicted octanol–water partition coefficient (Wildman–Crippen LogP) is 0.413. The Morgan fingerprint density at radius 1 is 1.60 bits per heavy atom. The Morgan fingerprint density at radius 3 is 1.60 bits per heavy atom. The van der Waals surface area contributed by atoms with Gasteiger partial charge in [0.1, 0.15) is 0 Å². The summed E-state index contributed by atoms with van der Waals surface area (Å²) in [4.78, 5) is 8.00. The number of nitrogens with zero attached hydrogens (tertiary/aromatic N) is 1. The molecule has 0 spiro atoms. The van der Waals surface area contributed by atoms with Gasteiger partial charge < -0.3 is 16.3 Å². The van der Waals surface area contributed by atoms with E-state index in [9.17, 15) is 0 Å². The molecule has 0 aromatic rings. The summed E-state index contributed by atoms with van der Waals surface area (Å²) in [7, 11) is 0. The molecule has 0 heterocycles. The van der Waals surface area contributed by atoms with Crippen molar-refractivity contribution in [3.8, 4) is 0 Å². The first kappa shape index (κ1) is 17.2. The summed E-state index contributed by atoms with van der Waals surface area (Å²) in [5.41, 5.74) is 0. The smallest absolute Gasteiger partial charge is 0 e. The molecule has 3 N–H and O–H groups in total. The fraction of sp³-hybridized carbons (Fsp3) is 0. The first-order chi connectivity index (χ1) is 1.41. The van der Waals surface area contributed by atoms with Crippen LogP contribution in [-0.2, 0) is 0 Å². The molecule has 0 fully saturated rings. The molecular formula is H3CeN2O2-. The van der Waals surface area contributed by atoms with Crippen molar-refractivity contribution in [3.05, 3.63) is 10.1 Å². The van der Waals surface area contributed by atoms with Gasteiger partial charge in [0.2, 0.25) is 0 Å². The van der Waals surface area contributed by atoms with Gasteiger partial charge in [0.05, 0.1) is 0 Å². The van der Waals surface area contributed by atoms with E-state index in [0.717, 1.165) is 5.34 Å². The van der Waals surface area contributed by atoms with Crippen molar-refractivity contribution in [3.63, 3.8) is 0 Å². The maximum absolute atomic E-state index is 8.00. The van der Waals surface area contributed by atoms with E-state index in [2.05, 4.69) is 0 Å². The maximum atomic E-state index is 8.00. The molecule has 4 nitrogen and oxygen atoms in total. The molecule has 0 unspecified atom stereocenters. The van der Waals surface area contributed by atoms with Crippen LogP contribution in [0, 0.1) is 51.9 Å². The first-order valence-corrected chi connectivity index (χ1v) is 0.365. The minimum atomic E-state index is 0. The number of hydrogen-bond donors (Lipinski definition) is 1.